The molecule has 4 atom stereocenters. The van der Waals surface area contributed by atoms with Crippen LogP contribution >= 0.6 is 0 Å². The van der Waals surface area contributed by atoms with E-state index in [1.807, 2.05) is 32.9 Å². The molecule has 5 rings (SSSR count). The summed E-state index contributed by atoms with van der Waals surface area (Å²) in [6.07, 6.45) is 5.36. The second-order valence-electron chi connectivity index (χ2n) is 11.8. The molecule has 2 unspecified atom stereocenters. The number of benzene rings is 1. The van der Waals surface area contributed by atoms with Crippen molar-refractivity contribution < 1.29 is 19.1 Å². The number of carbonyl (C=O) groups is 3. The Morgan fingerprint density at radius 3 is 2.38 bits per heavy atom. The number of ketones is 1. The SMILES string of the molecule is C=CCC1(Cc2ccncc2)N=C(CC(=O)c2ccc(C#N)cc2)N(C2[C@H]3CN(C(=O)OC(C)(C)C)C[C@@H]23)C1=O. The highest BCUT2D eigenvalue weighted by atomic mass is 16.6. The molecule has 3 aliphatic rings. The van der Waals surface area contributed by atoms with Crippen LogP contribution in [0.5, 0.6) is 0 Å². The molecule has 206 valence electrons. The number of likely N-dealkylation sites (tertiary alicyclic amines) is 1. The van der Waals surface area contributed by atoms with Gasteiger partial charge in [-0.15, -0.1) is 6.58 Å². The number of aliphatic imine (C=N–C) groups is 1. The van der Waals surface area contributed by atoms with Gasteiger partial charge >= 0.3 is 6.09 Å². The van der Waals surface area contributed by atoms with Crippen LogP contribution in [-0.2, 0) is 16.0 Å². The molecule has 1 aliphatic carbocycles. The van der Waals surface area contributed by atoms with Gasteiger partial charge in [0.25, 0.3) is 5.91 Å². The molecular formula is C31H33N5O4. The molecule has 1 aromatic carbocycles. The van der Waals surface area contributed by atoms with E-state index >= 15 is 0 Å². The minimum absolute atomic E-state index is 0.0431. The van der Waals surface area contributed by atoms with E-state index in [1.165, 1.54) is 0 Å². The van der Waals surface area contributed by atoms with E-state index in [2.05, 4.69) is 17.6 Å². The van der Waals surface area contributed by atoms with Crippen molar-refractivity contribution in [2.24, 2.45) is 16.8 Å². The fraction of sp³-hybridized carbons (Fsp3) is 0.419. The fourth-order valence-corrected chi connectivity index (χ4v) is 5.85. The Hall–Kier alpha value is -4.32. The molecule has 3 heterocycles. The number of piperidine rings is 1. The zero-order chi connectivity index (χ0) is 28.7. The standard InChI is InChI=1S/C31H33N5O4/c1-5-12-31(16-20-10-13-33-14-11-20)28(38)36(26(34-31)15-25(37)22-8-6-21(17-32)7-9-22)27-23-18-35(19-24(23)27)29(39)40-30(2,3)4/h5-11,13-14,23-24,27H,1,12,15-16,18-19H2,2-4H3/t23-,24+,27?,31?. The number of nitriles is 1. The summed E-state index contributed by atoms with van der Waals surface area (Å²) in [5.41, 5.74) is 0.147. The molecule has 9 heteroatoms. The number of nitrogens with zero attached hydrogens (tertiary/aromatic N) is 5. The molecule has 2 amide bonds. The van der Waals surface area contributed by atoms with Gasteiger partial charge in [0.05, 0.1) is 18.1 Å². The summed E-state index contributed by atoms with van der Waals surface area (Å²) in [6.45, 7) is 10.4. The van der Waals surface area contributed by atoms with Crippen LogP contribution in [0.2, 0.25) is 0 Å². The maximum atomic E-state index is 14.2. The zero-order valence-electron chi connectivity index (χ0n) is 23.0. The number of carbonyl (C=O) groups excluding carboxylic acids is 3. The van der Waals surface area contributed by atoms with Gasteiger partial charge in [-0.25, -0.2) is 4.79 Å². The third-order valence-corrected chi connectivity index (χ3v) is 7.72. The van der Waals surface area contributed by atoms with Gasteiger partial charge in [0, 0.05) is 55.3 Å². The lowest BCUT2D eigenvalue weighted by Gasteiger charge is -2.29. The zero-order valence-corrected chi connectivity index (χ0v) is 23.0. The molecule has 9 nitrogen and oxygen atoms in total. The van der Waals surface area contributed by atoms with Crippen molar-refractivity contribution in [2.75, 3.05) is 13.1 Å². The van der Waals surface area contributed by atoms with E-state index in [0.717, 1.165) is 5.56 Å². The fourth-order valence-electron chi connectivity index (χ4n) is 5.85. The van der Waals surface area contributed by atoms with Gasteiger partial charge in [0.1, 0.15) is 17.0 Å². The first-order valence-electron chi connectivity index (χ1n) is 13.5. The average Bonchev–Trinajstić information content (AvgIpc) is 3.25. The van der Waals surface area contributed by atoms with Crippen molar-refractivity contribution in [3.05, 3.63) is 78.1 Å². The Morgan fingerprint density at radius 2 is 1.80 bits per heavy atom. The van der Waals surface area contributed by atoms with Gasteiger partial charge in [-0.05, 0) is 57.0 Å². The largest absolute Gasteiger partial charge is 0.444 e. The summed E-state index contributed by atoms with van der Waals surface area (Å²) in [5, 5.41) is 9.10. The number of fused-ring (bicyclic) bond motifs is 1. The summed E-state index contributed by atoms with van der Waals surface area (Å²) in [6, 6.07) is 12.1. The number of pyridine rings is 1. The number of hydrogen-bond donors (Lipinski definition) is 0. The first-order chi connectivity index (χ1) is 19.0. The molecule has 0 radical (unpaired) electrons. The summed E-state index contributed by atoms with van der Waals surface area (Å²) in [7, 11) is 0. The third-order valence-electron chi connectivity index (χ3n) is 7.72. The normalized spacial score (nSPS) is 25.2. The van der Waals surface area contributed by atoms with Gasteiger partial charge in [-0.3, -0.25) is 24.5 Å². The number of rotatable bonds is 8. The highest BCUT2D eigenvalue weighted by Gasteiger charge is 2.64. The molecule has 0 spiro atoms. The summed E-state index contributed by atoms with van der Waals surface area (Å²) >= 11 is 0. The molecule has 2 aliphatic heterocycles. The Balaban J connectivity index is 1.42. The number of ether oxygens (including phenoxy) is 1. The predicted molar refractivity (Wildman–Crippen MR) is 148 cm³/mol. The maximum Gasteiger partial charge on any atom is 0.410 e. The van der Waals surface area contributed by atoms with E-state index in [0.29, 0.717) is 42.9 Å². The summed E-state index contributed by atoms with van der Waals surface area (Å²) in [5.74, 6) is 0.299. The van der Waals surface area contributed by atoms with Crippen LogP contribution in [0, 0.1) is 23.2 Å². The molecule has 1 saturated heterocycles. The van der Waals surface area contributed by atoms with E-state index in [9.17, 15) is 14.4 Å². The van der Waals surface area contributed by atoms with E-state index < -0.39 is 11.1 Å². The van der Waals surface area contributed by atoms with Crippen LogP contribution in [-0.4, -0.2) is 68.7 Å². The number of hydrogen-bond acceptors (Lipinski definition) is 7. The quantitative estimate of drug-likeness (QED) is 0.367. The Labute approximate surface area is 234 Å². The minimum atomic E-state index is -1.11. The third kappa shape index (κ3) is 5.26. The van der Waals surface area contributed by atoms with Crippen molar-refractivity contribution in [1.82, 2.24) is 14.8 Å². The van der Waals surface area contributed by atoms with Crippen molar-refractivity contribution in [1.29, 1.82) is 5.26 Å². The van der Waals surface area contributed by atoms with E-state index in [1.54, 1.807) is 52.5 Å². The number of amidine groups is 1. The first-order valence-corrected chi connectivity index (χ1v) is 13.5. The van der Waals surface area contributed by atoms with Crippen LogP contribution in [0.3, 0.4) is 0 Å². The van der Waals surface area contributed by atoms with Crippen molar-refractivity contribution in [3.63, 3.8) is 0 Å². The van der Waals surface area contributed by atoms with Gasteiger partial charge in [-0.2, -0.15) is 5.26 Å². The highest BCUT2D eigenvalue weighted by Crippen LogP contribution is 2.52. The summed E-state index contributed by atoms with van der Waals surface area (Å²) < 4.78 is 5.54. The Bertz CT molecular complexity index is 1390. The second kappa shape index (κ2) is 10.3. The van der Waals surface area contributed by atoms with Crippen LogP contribution in [0.4, 0.5) is 4.79 Å². The first kappa shape index (κ1) is 27.3. The molecular weight excluding hydrogens is 506 g/mol. The van der Waals surface area contributed by atoms with E-state index in [-0.39, 0.29) is 42.1 Å². The maximum absolute atomic E-state index is 14.2. The second-order valence-corrected chi connectivity index (χ2v) is 11.8. The number of amides is 2. The molecule has 40 heavy (non-hydrogen) atoms. The Kier molecular flexibility index (Phi) is 7.05. The lowest BCUT2D eigenvalue weighted by atomic mass is 9.88. The lowest BCUT2D eigenvalue weighted by molar-refractivity contribution is -0.131. The Morgan fingerprint density at radius 1 is 1.15 bits per heavy atom. The average molecular weight is 540 g/mol. The molecule has 0 bridgehead atoms. The van der Waals surface area contributed by atoms with Gasteiger partial charge in [0.2, 0.25) is 0 Å². The molecule has 2 aromatic rings. The number of aromatic nitrogens is 1. The van der Waals surface area contributed by atoms with Crippen LogP contribution in [0.25, 0.3) is 0 Å². The van der Waals surface area contributed by atoms with Crippen molar-refractivity contribution in [2.45, 2.75) is 57.2 Å². The minimum Gasteiger partial charge on any atom is -0.444 e. The molecule has 0 N–H and O–H groups in total. The van der Waals surface area contributed by atoms with Crippen molar-refractivity contribution in [3.8, 4) is 6.07 Å². The highest BCUT2D eigenvalue weighted by molar-refractivity contribution is 6.17. The predicted octanol–water partition coefficient (Wildman–Crippen LogP) is 4.19. The lowest BCUT2D eigenvalue weighted by Crippen LogP contribution is -2.48. The molecule has 1 saturated carbocycles. The van der Waals surface area contributed by atoms with Gasteiger partial charge in [0.15, 0.2) is 5.78 Å². The smallest absolute Gasteiger partial charge is 0.410 e. The molecule has 1 aromatic heterocycles. The van der Waals surface area contributed by atoms with Gasteiger partial charge < -0.3 is 9.64 Å². The van der Waals surface area contributed by atoms with Crippen molar-refractivity contribution >= 4 is 23.6 Å². The van der Waals surface area contributed by atoms with Crippen LogP contribution in [0.1, 0.15) is 55.1 Å². The monoisotopic (exact) mass is 539 g/mol. The topological polar surface area (TPSA) is 116 Å². The molecule has 2 fully saturated rings. The number of Topliss-reactive ketones (excluding diaryl/α,β-unsaturated/α-hetero) is 1. The van der Waals surface area contributed by atoms with Crippen LogP contribution < -0.4 is 0 Å². The van der Waals surface area contributed by atoms with Crippen LogP contribution in [0.15, 0.2) is 66.4 Å². The van der Waals surface area contributed by atoms with Gasteiger partial charge in [-0.1, -0.05) is 18.2 Å². The summed E-state index contributed by atoms with van der Waals surface area (Å²) in [4.78, 5) is 52.7. The van der Waals surface area contributed by atoms with E-state index in [4.69, 9.17) is 15.0 Å².